The molecule has 0 aliphatic carbocycles. The van der Waals surface area contributed by atoms with Crippen molar-refractivity contribution < 1.29 is 19.1 Å². The molecule has 1 heterocycles. The summed E-state index contributed by atoms with van der Waals surface area (Å²) in [5.74, 6) is -0.365. The third-order valence-corrected chi connectivity index (χ3v) is 3.77. The quantitative estimate of drug-likeness (QED) is 0.852. The summed E-state index contributed by atoms with van der Waals surface area (Å²) in [6.45, 7) is 9.75. The predicted molar refractivity (Wildman–Crippen MR) is 97.0 cm³/mol. The highest BCUT2D eigenvalue weighted by atomic mass is 16.5. The van der Waals surface area contributed by atoms with Crippen LogP contribution in [0.4, 0.5) is 0 Å². The van der Waals surface area contributed by atoms with E-state index in [2.05, 4.69) is 5.32 Å². The lowest BCUT2D eigenvalue weighted by molar-refractivity contribution is -0.144. The van der Waals surface area contributed by atoms with Gasteiger partial charge in [-0.15, -0.1) is 0 Å². The van der Waals surface area contributed by atoms with Crippen molar-refractivity contribution in [1.82, 2.24) is 10.2 Å². The van der Waals surface area contributed by atoms with E-state index in [1.165, 1.54) is 6.92 Å². The predicted octanol–water partition coefficient (Wildman–Crippen LogP) is 1.98. The maximum Gasteiger partial charge on any atom is 0.248 e. The van der Waals surface area contributed by atoms with E-state index in [-0.39, 0.29) is 11.8 Å². The minimum absolute atomic E-state index is 0.121. The van der Waals surface area contributed by atoms with Crippen LogP contribution in [0.2, 0.25) is 0 Å². The zero-order valence-corrected chi connectivity index (χ0v) is 15.7. The first-order valence-corrected chi connectivity index (χ1v) is 8.87. The molecule has 1 N–H and O–H groups in total. The van der Waals surface area contributed by atoms with Gasteiger partial charge in [0.15, 0.2) is 0 Å². The summed E-state index contributed by atoms with van der Waals surface area (Å²) in [5.41, 5.74) is 1.03. The van der Waals surface area contributed by atoms with Gasteiger partial charge in [0.2, 0.25) is 11.8 Å². The maximum atomic E-state index is 12.7. The second-order valence-electron chi connectivity index (χ2n) is 5.62. The Morgan fingerprint density at radius 3 is 2.36 bits per heavy atom. The van der Waals surface area contributed by atoms with Crippen molar-refractivity contribution in [3.8, 4) is 0 Å². The third kappa shape index (κ3) is 7.23. The van der Waals surface area contributed by atoms with Crippen LogP contribution in [-0.4, -0.2) is 55.2 Å². The van der Waals surface area contributed by atoms with Gasteiger partial charge in [0.1, 0.15) is 6.04 Å². The minimum Gasteiger partial charge on any atom is -0.378 e. The number of amides is 2. The van der Waals surface area contributed by atoms with Crippen molar-refractivity contribution in [3.63, 3.8) is 0 Å². The summed E-state index contributed by atoms with van der Waals surface area (Å²) in [6, 6.07) is 9.05. The van der Waals surface area contributed by atoms with Gasteiger partial charge in [0.05, 0.1) is 25.9 Å². The number of carbonyl (C=O) groups is 2. The van der Waals surface area contributed by atoms with Crippen LogP contribution in [0.5, 0.6) is 0 Å². The lowest BCUT2D eigenvalue weighted by Gasteiger charge is -2.32. The van der Waals surface area contributed by atoms with Crippen molar-refractivity contribution >= 4 is 11.8 Å². The molecule has 0 saturated carbocycles. The first kappa shape index (κ1) is 21.1. The number of carbonyl (C=O) groups excluding carboxylic acids is 2. The smallest absolute Gasteiger partial charge is 0.248 e. The van der Waals surface area contributed by atoms with Gasteiger partial charge in [-0.1, -0.05) is 44.2 Å². The second-order valence-corrected chi connectivity index (χ2v) is 5.62. The van der Waals surface area contributed by atoms with Crippen LogP contribution >= 0.6 is 0 Å². The lowest BCUT2D eigenvalue weighted by atomic mass is 10.1. The van der Waals surface area contributed by atoms with Crippen LogP contribution in [0.25, 0.3) is 0 Å². The van der Waals surface area contributed by atoms with E-state index in [9.17, 15) is 9.59 Å². The molecular weight excluding hydrogens is 320 g/mol. The SMILES string of the molecule is CC.CC(=O)NC(C(=O)N1CCOCC1)C(C)OCc1ccccc1. The lowest BCUT2D eigenvalue weighted by Crippen LogP contribution is -2.56. The first-order valence-electron chi connectivity index (χ1n) is 8.87. The van der Waals surface area contributed by atoms with E-state index in [4.69, 9.17) is 9.47 Å². The zero-order valence-electron chi connectivity index (χ0n) is 15.7. The van der Waals surface area contributed by atoms with E-state index in [1.54, 1.807) is 4.90 Å². The number of benzene rings is 1. The molecule has 0 radical (unpaired) electrons. The molecule has 1 saturated heterocycles. The molecule has 0 spiro atoms. The summed E-state index contributed by atoms with van der Waals surface area (Å²) in [4.78, 5) is 25.8. The van der Waals surface area contributed by atoms with Gasteiger partial charge in [-0.2, -0.15) is 0 Å². The molecule has 0 aromatic heterocycles. The average Bonchev–Trinajstić information content (AvgIpc) is 2.66. The standard InChI is InChI=1S/C17H24N2O4.C2H6/c1-13(23-12-15-6-4-3-5-7-15)16(18-14(2)20)17(21)19-8-10-22-11-9-19;1-2/h3-7,13,16H,8-12H2,1-2H3,(H,18,20);1-2H3. The van der Waals surface area contributed by atoms with Gasteiger partial charge in [0, 0.05) is 20.0 Å². The summed E-state index contributed by atoms with van der Waals surface area (Å²) in [5, 5.41) is 2.72. The fourth-order valence-electron chi connectivity index (χ4n) is 2.48. The fraction of sp³-hybridized carbons (Fsp3) is 0.579. The van der Waals surface area contributed by atoms with Crippen molar-refractivity contribution in [1.29, 1.82) is 0 Å². The van der Waals surface area contributed by atoms with Crippen molar-refractivity contribution in [2.75, 3.05) is 26.3 Å². The normalized spacial score (nSPS) is 16.2. The largest absolute Gasteiger partial charge is 0.378 e. The summed E-state index contributed by atoms with van der Waals surface area (Å²) in [7, 11) is 0. The molecular formula is C19H30N2O4. The molecule has 2 rings (SSSR count). The van der Waals surface area contributed by atoms with Crippen LogP contribution in [0, 0.1) is 0 Å². The van der Waals surface area contributed by atoms with Crippen LogP contribution in [0.3, 0.4) is 0 Å². The van der Waals surface area contributed by atoms with E-state index in [0.29, 0.717) is 32.9 Å². The maximum absolute atomic E-state index is 12.7. The Balaban J connectivity index is 0.00000151. The molecule has 1 aromatic carbocycles. The second kappa shape index (κ2) is 11.6. The molecule has 2 unspecified atom stereocenters. The Bertz CT molecular complexity index is 515. The summed E-state index contributed by atoms with van der Waals surface area (Å²) >= 11 is 0. The third-order valence-electron chi connectivity index (χ3n) is 3.77. The Morgan fingerprint density at radius 1 is 1.20 bits per heavy atom. The molecule has 2 amide bonds. The first-order chi connectivity index (χ1) is 12.1. The topological polar surface area (TPSA) is 67.9 Å². The van der Waals surface area contributed by atoms with Gasteiger partial charge in [-0.25, -0.2) is 0 Å². The highest BCUT2D eigenvalue weighted by Gasteiger charge is 2.31. The van der Waals surface area contributed by atoms with E-state index in [0.717, 1.165) is 5.56 Å². The van der Waals surface area contributed by atoms with Crippen molar-refractivity contribution in [2.45, 2.75) is 46.4 Å². The molecule has 6 heteroatoms. The Kier molecular flexibility index (Phi) is 9.80. The monoisotopic (exact) mass is 350 g/mol. The number of hydrogen-bond acceptors (Lipinski definition) is 4. The van der Waals surface area contributed by atoms with Gasteiger partial charge >= 0.3 is 0 Å². The van der Waals surface area contributed by atoms with E-state index >= 15 is 0 Å². The highest BCUT2D eigenvalue weighted by Crippen LogP contribution is 2.10. The van der Waals surface area contributed by atoms with Crippen LogP contribution in [-0.2, 0) is 25.7 Å². The zero-order chi connectivity index (χ0) is 18.7. The molecule has 1 aliphatic heterocycles. The molecule has 1 aromatic rings. The fourth-order valence-corrected chi connectivity index (χ4v) is 2.48. The van der Waals surface area contributed by atoms with Crippen LogP contribution in [0.1, 0.15) is 33.3 Å². The van der Waals surface area contributed by atoms with Crippen LogP contribution < -0.4 is 5.32 Å². The minimum atomic E-state index is -0.686. The average molecular weight is 350 g/mol. The van der Waals surface area contributed by atoms with E-state index < -0.39 is 12.1 Å². The number of morpholine rings is 1. The van der Waals surface area contributed by atoms with Gasteiger partial charge in [-0.05, 0) is 12.5 Å². The van der Waals surface area contributed by atoms with Crippen molar-refractivity contribution in [2.24, 2.45) is 0 Å². The van der Waals surface area contributed by atoms with Gasteiger partial charge in [0.25, 0.3) is 0 Å². The van der Waals surface area contributed by atoms with Gasteiger partial charge < -0.3 is 19.7 Å². The Hall–Kier alpha value is -1.92. The molecule has 6 nitrogen and oxygen atoms in total. The summed E-state index contributed by atoms with van der Waals surface area (Å²) in [6.07, 6.45) is -0.422. The number of rotatable bonds is 6. The summed E-state index contributed by atoms with van der Waals surface area (Å²) < 4.78 is 11.1. The van der Waals surface area contributed by atoms with Gasteiger partial charge in [-0.3, -0.25) is 9.59 Å². The number of hydrogen-bond donors (Lipinski definition) is 1. The molecule has 0 bridgehead atoms. The number of ether oxygens (including phenoxy) is 2. The highest BCUT2D eigenvalue weighted by molar-refractivity contribution is 5.87. The van der Waals surface area contributed by atoms with Crippen molar-refractivity contribution in [3.05, 3.63) is 35.9 Å². The number of nitrogens with one attached hydrogen (secondary N) is 1. The Labute approximate surface area is 150 Å². The Morgan fingerprint density at radius 2 is 1.80 bits per heavy atom. The van der Waals surface area contributed by atoms with Crippen LogP contribution in [0.15, 0.2) is 30.3 Å². The number of nitrogens with zero attached hydrogens (tertiary/aromatic N) is 1. The van der Waals surface area contributed by atoms with E-state index in [1.807, 2.05) is 51.1 Å². The molecule has 140 valence electrons. The molecule has 2 atom stereocenters. The molecule has 1 fully saturated rings. The molecule has 25 heavy (non-hydrogen) atoms. The molecule has 1 aliphatic rings.